The van der Waals surface area contributed by atoms with Crippen LogP contribution in [0.25, 0.3) is 0 Å². The molecule has 0 heterocycles. The maximum atomic E-state index is 13.1. The molecule has 0 aliphatic rings. The van der Waals surface area contributed by atoms with E-state index < -0.39 is 47.1 Å². The zero-order valence-corrected chi connectivity index (χ0v) is 9.45. The van der Waals surface area contributed by atoms with E-state index in [2.05, 4.69) is 0 Å². The van der Waals surface area contributed by atoms with Gasteiger partial charge in [-0.05, 0) is 6.07 Å². The summed E-state index contributed by atoms with van der Waals surface area (Å²) in [4.78, 5) is 31.9. The van der Waals surface area contributed by atoms with Gasteiger partial charge >= 0.3 is 11.9 Å². The second-order valence-electron chi connectivity index (χ2n) is 3.53. The molecule has 0 spiro atoms. The molecule has 102 valence electrons. The highest BCUT2D eigenvalue weighted by Gasteiger charge is 2.23. The van der Waals surface area contributed by atoms with Crippen molar-refractivity contribution >= 4 is 23.3 Å². The van der Waals surface area contributed by atoms with Crippen molar-refractivity contribution in [2.45, 2.75) is 0 Å². The third-order valence-corrected chi connectivity index (χ3v) is 2.13. The predicted octanol–water partition coefficient (Wildman–Crippen LogP) is 0.710. The minimum Gasteiger partial charge on any atom is -0.480 e. The number of aliphatic carboxylic acids is 2. The quantitative estimate of drug-likeness (QED) is 0.577. The average molecular weight is 272 g/mol. The third-order valence-electron chi connectivity index (χ3n) is 2.13. The molecular weight excluding hydrogens is 263 g/mol. The van der Waals surface area contributed by atoms with E-state index in [9.17, 15) is 24.1 Å². The number of hydrogen-bond acceptors (Lipinski definition) is 5. The topological polar surface area (TPSA) is 121 Å². The van der Waals surface area contributed by atoms with E-state index in [4.69, 9.17) is 10.2 Å². The maximum Gasteiger partial charge on any atom is 0.323 e. The van der Waals surface area contributed by atoms with Gasteiger partial charge in [0.15, 0.2) is 0 Å². The van der Waals surface area contributed by atoms with Crippen LogP contribution in [0.1, 0.15) is 0 Å². The standard InChI is InChI=1S/C10H9FN2O6/c11-6-1-2-7(13(18)19)8(3-6)12(4-9(14)15)5-10(16)17/h1-3H,4-5H2,(H,14,15)(H,16,17). The largest absolute Gasteiger partial charge is 0.480 e. The number of rotatable bonds is 6. The molecule has 0 unspecified atom stereocenters. The first kappa shape index (κ1) is 14.4. The van der Waals surface area contributed by atoms with Crippen LogP contribution in [0, 0.1) is 15.9 Å². The number of hydrogen-bond donors (Lipinski definition) is 2. The van der Waals surface area contributed by atoms with E-state index in [1.54, 1.807) is 0 Å². The summed E-state index contributed by atoms with van der Waals surface area (Å²) in [6, 6.07) is 2.41. The van der Waals surface area contributed by atoms with Crippen molar-refractivity contribution < 1.29 is 29.1 Å². The number of benzene rings is 1. The Kier molecular flexibility index (Phi) is 4.35. The van der Waals surface area contributed by atoms with Crippen molar-refractivity contribution in [3.05, 3.63) is 34.1 Å². The van der Waals surface area contributed by atoms with Gasteiger partial charge in [0.1, 0.15) is 24.6 Å². The monoisotopic (exact) mass is 272 g/mol. The van der Waals surface area contributed by atoms with E-state index in [1.807, 2.05) is 0 Å². The summed E-state index contributed by atoms with van der Waals surface area (Å²) in [5, 5.41) is 28.1. The smallest absolute Gasteiger partial charge is 0.323 e. The van der Waals surface area contributed by atoms with Crippen LogP contribution < -0.4 is 4.90 Å². The summed E-state index contributed by atoms with van der Waals surface area (Å²) < 4.78 is 13.1. The Labute approximate surface area is 105 Å². The first-order chi connectivity index (χ1) is 8.81. The summed E-state index contributed by atoms with van der Waals surface area (Å²) in [6.07, 6.45) is 0. The summed E-state index contributed by atoms with van der Waals surface area (Å²) in [5.74, 6) is -3.61. The van der Waals surface area contributed by atoms with Crippen molar-refractivity contribution in [2.75, 3.05) is 18.0 Å². The Hall–Kier alpha value is -2.71. The van der Waals surface area contributed by atoms with Gasteiger partial charge in [-0.15, -0.1) is 0 Å². The van der Waals surface area contributed by atoms with Gasteiger partial charge in [-0.25, -0.2) is 4.39 Å². The normalized spacial score (nSPS) is 9.95. The number of nitro groups is 1. The summed E-state index contributed by atoms with van der Waals surface area (Å²) in [6.45, 7) is -1.59. The van der Waals surface area contributed by atoms with Gasteiger partial charge in [-0.3, -0.25) is 19.7 Å². The van der Waals surface area contributed by atoms with Crippen LogP contribution in [0.15, 0.2) is 18.2 Å². The van der Waals surface area contributed by atoms with Crippen molar-refractivity contribution in [1.29, 1.82) is 0 Å². The van der Waals surface area contributed by atoms with Crippen molar-refractivity contribution in [2.24, 2.45) is 0 Å². The molecule has 9 heteroatoms. The lowest BCUT2D eigenvalue weighted by Gasteiger charge is -2.20. The lowest BCUT2D eigenvalue weighted by molar-refractivity contribution is -0.384. The van der Waals surface area contributed by atoms with Crippen LogP contribution in [0.3, 0.4) is 0 Å². The van der Waals surface area contributed by atoms with Crippen molar-refractivity contribution in [3.8, 4) is 0 Å². The SMILES string of the molecule is O=C(O)CN(CC(=O)O)c1cc(F)ccc1[N+](=O)[O-]. The minimum absolute atomic E-state index is 0.394. The van der Waals surface area contributed by atoms with E-state index in [0.717, 1.165) is 18.2 Å². The van der Waals surface area contributed by atoms with Gasteiger partial charge in [-0.1, -0.05) is 0 Å². The molecule has 1 aromatic carbocycles. The molecule has 0 aliphatic carbocycles. The number of carboxylic acids is 2. The molecule has 1 rings (SSSR count). The lowest BCUT2D eigenvalue weighted by Crippen LogP contribution is -2.35. The van der Waals surface area contributed by atoms with Gasteiger partial charge in [0.2, 0.25) is 0 Å². The number of carbonyl (C=O) groups is 2. The lowest BCUT2D eigenvalue weighted by atomic mass is 10.2. The number of nitrogens with zero attached hydrogens (tertiary/aromatic N) is 2. The minimum atomic E-state index is -1.39. The second-order valence-corrected chi connectivity index (χ2v) is 3.53. The molecule has 0 atom stereocenters. The Bertz CT molecular complexity index is 517. The Balaban J connectivity index is 3.26. The molecule has 0 amide bonds. The average Bonchev–Trinajstić information content (AvgIpc) is 2.26. The molecule has 0 aromatic heterocycles. The molecule has 0 radical (unpaired) electrons. The Morgan fingerprint density at radius 1 is 1.26 bits per heavy atom. The van der Waals surface area contributed by atoms with E-state index in [-0.39, 0.29) is 0 Å². The van der Waals surface area contributed by atoms with Gasteiger partial charge in [-0.2, -0.15) is 0 Å². The number of halogens is 1. The summed E-state index contributed by atoms with van der Waals surface area (Å²) >= 11 is 0. The fourth-order valence-corrected chi connectivity index (χ4v) is 1.46. The Morgan fingerprint density at radius 3 is 2.21 bits per heavy atom. The highest BCUT2D eigenvalue weighted by molar-refractivity contribution is 5.81. The zero-order valence-electron chi connectivity index (χ0n) is 9.45. The van der Waals surface area contributed by atoms with Gasteiger partial charge in [0.05, 0.1) is 4.92 Å². The van der Waals surface area contributed by atoms with Gasteiger partial charge in [0, 0.05) is 12.1 Å². The third kappa shape index (κ3) is 3.91. The molecule has 8 nitrogen and oxygen atoms in total. The molecular formula is C10H9FN2O6. The van der Waals surface area contributed by atoms with Gasteiger partial charge in [0.25, 0.3) is 5.69 Å². The molecule has 0 saturated carbocycles. The molecule has 0 bridgehead atoms. The molecule has 0 saturated heterocycles. The summed E-state index contributed by atoms with van der Waals surface area (Å²) in [7, 11) is 0. The number of carboxylic acid groups (broad SMARTS) is 2. The predicted molar refractivity (Wildman–Crippen MR) is 60.5 cm³/mol. The molecule has 0 aliphatic heterocycles. The second kappa shape index (κ2) is 5.76. The molecule has 19 heavy (non-hydrogen) atoms. The van der Waals surface area contributed by atoms with Crippen molar-refractivity contribution in [3.63, 3.8) is 0 Å². The number of nitro benzene ring substituents is 1. The Morgan fingerprint density at radius 2 is 1.79 bits per heavy atom. The highest BCUT2D eigenvalue weighted by Crippen LogP contribution is 2.28. The van der Waals surface area contributed by atoms with Crippen LogP contribution in [-0.4, -0.2) is 40.2 Å². The van der Waals surface area contributed by atoms with Crippen LogP contribution >= 0.6 is 0 Å². The zero-order chi connectivity index (χ0) is 14.6. The first-order valence-corrected chi connectivity index (χ1v) is 4.93. The fourth-order valence-electron chi connectivity index (χ4n) is 1.46. The van der Waals surface area contributed by atoms with Gasteiger partial charge < -0.3 is 15.1 Å². The maximum absolute atomic E-state index is 13.1. The van der Waals surface area contributed by atoms with Crippen LogP contribution in [0.5, 0.6) is 0 Å². The van der Waals surface area contributed by atoms with Crippen molar-refractivity contribution in [1.82, 2.24) is 0 Å². The first-order valence-electron chi connectivity index (χ1n) is 4.93. The van der Waals surface area contributed by atoms with E-state index >= 15 is 0 Å². The van der Waals surface area contributed by atoms with Crippen LogP contribution in [0.4, 0.5) is 15.8 Å². The van der Waals surface area contributed by atoms with E-state index in [0.29, 0.717) is 4.90 Å². The highest BCUT2D eigenvalue weighted by atomic mass is 19.1. The summed E-state index contributed by atoms with van der Waals surface area (Å²) in [5.41, 5.74) is -0.960. The van der Waals surface area contributed by atoms with Crippen LogP contribution in [0.2, 0.25) is 0 Å². The number of anilines is 1. The van der Waals surface area contributed by atoms with E-state index in [1.165, 1.54) is 0 Å². The molecule has 2 N–H and O–H groups in total. The van der Waals surface area contributed by atoms with Crippen LogP contribution in [-0.2, 0) is 9.59 Å². The molecule has 1 aromatic rings. The fraction of sp³-hybridized carbons (Fsp3) is 0.200. The molecule has 0 fully saturated rings.